The van der Waals surface area contributed by atoms with Crippen LogP contribution in [0.5, 0.6) is 0 Å². The van der Waals surface area contributed by atoms with Crippen molar-refractivity contribution in [2.24, 2.45) is 5.92 Å². The number of benzene rings is 1. The van der Waals surface area contributed by atoms with Crippen LogP contribution in [0.4, 0.5) is 0 Å². The lowest BCUT2D eigenvalue weighted by Crippen LogP contribution is -2.40. The van der Waals surface area contributed by atoms with Gasteiger partial charge in [-0.2, -0.15) is 0 Å². The third-order valence-electron chi connectivity index (χ3n) is 3.82. The van der Waals surface area contributed by atoms with Gasteiger partial charge in [-0.1, -0.05) is 37.3 Å². The lowest BCUT2D eigenvalue weighted by Gasteiger charge is -2.27. The normalized spacial score (nSPS) is 13.3. The van der Waals surface area contributed by atoms with Crippen LogP contribution >= 0.6 is 0 Å². The van der Waals surface area contributed by atoms with Crippen molar-refractivity contribution in [3.05, 3.63) is 35.9 Å². The molecule has 0 bridgehead atoms. The largest absolute Gasteiger partial charge is 0.481 e. The smallest absolute Gasteiger partial charge is 0.308 e. The number of rotatable bonds is 10. The highest BCUT2D eigenvalue weighted by molar-refractivity contribution is 5.84. The Labute approximate surface area is 138 Å². The van der Waals surface area contributed by atoms with Gasteiger partial charge in [0.05, 0.1) is 11.8 Å². The maximum Gasteiger partial charge on any atom is 0.308 e. The predicted molar refractivity (Wildman–Crippen MR) is 89.3 cm³/mol. The maximum atomic E-state index is 12.8. The quantitative estimate of drug-likeness (QED) is 0.673. The first-order chi connectivity index (χ1) is 11.0. The number of carbonyl (C=O) groups is 2. The van der Waals surface area contributed by atoms with Crippen molar-refractivity contribution in [1.82, 2.24) is 4.90 Å². The second-order valence-electron chi connectivity index (χ2n) is 5.71. The number of amides is 1. The van der Waals surface area contributed by atoms with Gasteiger partial charge in [-0.25, -0.2) is 0 Å². The highest BCUT2D eigenvalue weighted by Gasteiger charge is 2.25. The zero-order valence-corrected chi connectivity index (χ0v) is 14.2. The molecule has 0 aliphatic heterocycles. The minimum absolute atomic E-state index is 0.0409. The summed E-state index contributed by atoms with van der Waals surface area (Å²) in [5, 5.41) is 9.12. The topological polar surface area (TPSA) is 66.8 Å². The van der Waals surface area contributed by atoms with E-state index < -0.39 is 11.9 Å². The van der Waals surface area contributed by atoms with Crippen LogP contribution in [-0.4, -0.2) is 48.2 Å². The van der Waals surface area contributed by atoms with Crippen LogP contribution in [-0.2, 0) is 14.3 Å². The van der Waals surface area contributed by atoms with Gasteiger partial charge in [0.1, 0.15) is 0 Å². The molecular formula is C18H27NO4. The maximum absolute atomic E-state index is 12.8. The standard InChI is InChI=1S/C18H27NO4/c1-4-23-12-8-11-19(13-14(2)18(21)22)17(20)15(3)16-9-6-5-7-10-16/h5-7,9-10,14-15H,4,8,11-13H2,1-3H3,(H,21,22)/t14?,15-/m1/s1. The number of nitrogens with zero attached hydrogens (tertiary/aromatic N) is 1. The minimum Gasteiger partial charge on any atom is -0.481 e. The first kappa shape index (κ1) is 19.2. The molecular weight excluding hydrogens is 294 g/mol. The molecule has 1 rings (SSSR count). The third kappa shape index (κ3) is 6.40. The molecule has 128 valence electrons. The molecule has 0 radical (unpaired) electrons. The van der Waals surface area contributed by atoms with E-state index >= 15 is 0 Å². The van der Waals surface area contributed by atoms with Gasteiger partial charge in [-0.05, 0) is 25.8 Å². The molecule has 5 nitrogen and oxygen atoms in total. The second kappa shape index (κ2) is 10.0. The number of carboxylic acids is 1. The Balaban J connectivity index is 2.75. The van der Waals surface area contributed by atoms with E-state index in [9.17, 15) is 9.59 Å². The molecule has 5 heteroatoms. The Morgan fingerprint density at radius 1 is 1.22 bits per heavy atom. The first-order valence-electron chi connectivity index (χ1n) is 8.11. The minimum atomic E-state index is -0.889. The zero-order chi connectivity index (χ0) is 17.2. The number of aliphatic carboxylic acids is 1. The number of ether oxygens (including phenoxy) is 1. The van der Waals surface area contributed by atoms with E-state index in [1.54, 1.807) is 11.8 Å². The molecule has 1 unspecified atom stereocenters. The van der Waals surface area contributed by atoms with E-state index in [0.29, 0.717) is 26.2 Å². The summed E-state index contributed by atoms with van der Waals surface area (Å²) in [6, 6.07) is 9.55. The van der Waals surface area contributed by atoms with E-state index in [1.807, 2.05) is 44.2 Å². The van der Waals surface area contributed by atoms with Crippen molar-refractivity contribution < 1.29 is 19.4 Å². The molecule has 0 aliphatic carbocycles. The summed E-state index contributed by atoms with van der Waals surface area (Å²) in [5.41, 5.74) is 0.940. The molecule has 0 fully saturated rings. The molecule has 23 heavy (non-hydrogen) atoms. The van der Waals surface area contributed by atoms with E-state index in [4.69, 9.17) is 9.84 Å². The fraction of sp³-hybridized carbons (Fsp3) is 0.556. The molecule has 0 aromatic heterocycles. The van der Waals surface area contributed by atoms with Gasteiger partial charge < -0.3 is 14.7 Å². The van der Waals surface area contributed by atoms with Crippen LogP contribution in [0, 0.1) is 5.92 Å². The lowest BCUT2D eigenvalue weighted by atomic mass is 9.99. The van der Waals surface area contributed by atoms with Crippen molar-refractivity contribution >= 4 is 11.9 Å². The van der Waals surface area contributed by atoms with Crippen molar-refractivity contribution in [3.63, 3.8) is 0 Å². The Morgan fingerprint density at radius 2 is 1.87 bits per heavy atom. The van der Waals surface area contributed by atoms with Gasteiger partial charge in [-0.3, -0.25) is 9.59 Å². The number of carbonyl (C=O) groups excluding carboxylic acids is 1. The lowest BCUT2D eigenvalue weighted by molar-refractivity contribution is -0.143. The number of carboxylic acid groups (broad SMARTS) is 1. The van der Waals surface area contributed by atoms with Gasteiger partial charge in [0.2, 0.25) is 5.91 Å². The van der Waals surface area contributed by atoms with Crippen LogP contribution in [0.25, 0.3) is 0 Å². The fourth-order valence-electron chi connectivity index (χ4n) is 2.36. The Morgan fingerprint density at radius 3 is 2.43 bits per heavy atom. The molecule has 0 saturated carbocycles. The van der Waals surface area contributed by atoms with Crippen molar-refractivity contribution in [3.8, 4) is 0 Å². The first-order valence-corrected chi connectivity index (χ1v) is 8.11. The van der Waals surface area contributed by atoms with Gasteiger partial charge in [0.25, 0.3) is 0 Å². The summed E-state index contributed by atoms with van der Waals surface area (Å²) >= 11 is 0. The van der Waals surface area contributed by atoms with E-state index in [0.717, 1.165) is 5.56 Å². The van der Waals surface area contributed by atoms with E-state index in [2.05, 4.69) is 0 Å². The monoisotopic (exact) mass is 321 g/mol. The molecule has 0 spiro atoms. The average molecular weight is 321 g/mol. The fourth-order valence-corrected chi connectivity index (χ4v) is 2.36. The van der Waals surface area contributed by atoms with Crippen molar-refractivity contribution in [2.75, 3.05) is 26.3 Å². The number of hydrogen-bond acceptors (Lipinski definition) is 3. The van der Waals surface area contributed by atoms with Crippen molar-refractivity contribution in [2.45, 2.75) is 33.1 Å². The molecule has 1 N–H and O–H groups in total. The van der Waals surface area contributed by atoms with E-state index in [1.165, 1.54) is 0 Å². The molecule has 1 amide bonds. The Kier molecular flexibility index (Phi) is 8.33. The number of hydrogen-bond donors (Lipinski definition) is 1. The summed E-state index contributed by atoms with van der Waals surface area (Å²) in [7, 11) is 0. The van der Waals surface area contributed by atoms with Crippen LogP contribution in [0.1, 0.15) is 38.7 Å². The molecule has 2 atom stereocenters. The van der Waals surface area contributed by atoms with Gasteiger partial charge in [0.15, 0.2) is 0 Å². The van der Waals surface area contributed by atoms with Crippen LogP contribution in [0.3, 0.4) is 0 Å². The summed E-state index contributed by atoms with van der Waals surface area (Å²) in [6.45, 7) is 7.34. The van der Waals surface area contributed by atoms with Gasteiger partial charge in [0, 0.05) is 26.3 Å². The highest BCUT2D eigenvalue weighted by Crippen LogP contribution is 2.18. The SMILES string of the molecule is CCOCCCN(CC(C)C(=O)O)C(=O)[C@H](C)c1ccccc1. The summed E-state index contributed by atoms with van der Waals surface area (Å²) in [4.78, 5) is 25.5. The van der Waals surface area contributed by atoms with Crippen LogP contribution in [0.15, 0.2) is 30.3 Å². The molecule has 0 saturated heterocycles. The van der Waals surface area contributed by atoms with Crippen LogP contribution in [0.2, 0.25) is 0 Å². The average Bonchev–Trinajstić information content (AvgIpc) is 2.56. The summed E-state index contributed by atoms with van der Waals surface area (Å²) in [5.74, 6) is -1.81. The second-order valence-corrected chi connectivity index (χ2v) is 5.71. The van der Waals surface area contributed by atoms with E-state index in [-0.39, 0.29) is 18.4 Å². The van der Waals surface area contributed by atoms with Crippen molar-refractivity contribution in [1.29, 1.82) is 0 Å². The molecule has 0 aliphatic rings. The zero-order valence-electron chi connectivity index (χ0n) is 14.2. The summed E-state index contributed by atoms with van der Waals surface area (Å²) in [6.07, 6.45) is 0.702. The Bertz CT molecular complexity index is 489. The molecule has 1 aromatic carbocycles. The third-order valence-corrected chi connectivity index (χ3v) is 3.82. The summed E-state index contributed by atoms with van der Waals surface area (Å²) < 4.78 is 5.31. The van der Waals surface area contributed by atoms with Gasteiger partial charge in [-0.15, -0.1) is 0 Å². The predicted octanol–water partition coefficient (Wildman–Crippen LogP) is 2.77. The Hall–Kier alpha value is -1.88. The van der Waals surface area contributed by atoms with Gasteiger partial charge >= 0.3 is 5.97 Å². The molecule has 0 heterocycles. The highest BCUT2D eigenvalue weighted by atomic mass is 16.5. The van der Waals surface area contributed by atoms with Crippen LogP contribution < -0.4 is 0 Å². The molecule has 1 aromatic rings.